The van der Waals surface area contributed by atoms with E-state index in [1.165, 1.54) is 5.69 Å². The summed E-state index contributed by atoms with van der Waals surface area (Å²) in [5.74, 6) is 1.88. The zero-order chi connectivity index (χ0) is 16.5. The summed E-state index contributed by atoms with van der Waals surface area (Å²) in [7, 11) is 5.27. The van der Waals surface area contributed by atoms with E-state index in [4.69, 9.17) is 9.47 Å². The van der Waals surface area contributed by atoms with Gasteiger partial charge >= 0.3 is 0 Å². The van der Waals surface area contributed by atoms with Crippen LogP contribution in [0.15, 0.2) is 29.3 Å². The first kappa shape index (κ1) is 17.4. The number of anilines is 1. The SMILES string of the molecule is CN=C(NCCCOC)N1CCN(c2cccc(OC)c2)CC1. The van der Waals surface area contributed by atoms with Gasteiger partial charge < -0.3 is 24.6 Å². The Morgan fingerprint density at radius 3 is 2.65 bits per heavy atom. The van der Waals surface area contributed by atoms with Crippen molar-refractivity contribution in [3.63, 3.8) is 0 Å². The second-order valence-corrected chi connectivity index (χ2v) is 5.50. The first-order valence-electron chi connectivity index (χ1n) is 8.12. The molecule has 1 saturated heterocycles. The number of nitrogens with one attached hydrogen (secondary N) is 1. The molecule has 0 radical (unpaired) electrons. The fraction of sp³-hybridized carbons (Fsp3) is 0.588. The van der Waals surface area contributed by atoms with E-state index in [-0.39, 0.29) is 0 Å². The van der Waals surface area contributed by atoms with Gasteiger partial charge in [0.2, 0.25) is 0 Å². The molecule has 128 valence electrons. The maximum atomic E-state index is 5.31. The smallest absolute Gasteiger partial charge is 0.193 e. The minimum absolute atomic E-state index is 0.771. The molecule has 0 aromatic heterocycles. The van der Waals surface area contributed by atoms with Crippen LogP contribution in [-0.2, 0) is 4.74 Å². The van der Waals surface area contributed by atoms with Crippen LogP contribution in [0.4, 0.5) is 5.69 Å². The Morgan fingerprint density at radius 2 is 2.00 bits per heavy atom. The largest absolute Gasteiger partial charge is 0.497 e. The molecule has 0 aliphatic carbocycles. The van der Waals surface area contributed by atoms with Gasteiger partial charge in [-0.1, -0.05) is 6.07 Å². The van der Waals surface area contributed by atoms with Crippen molar-refractivity contribution in [2.45, 2.75) is 6.42 Å². The number of rotatable bonds is 6. The molecule has 1 aromatic rings. The second kappa shape index (κ2) is 9.25. The Hall–Kier alpha value is -1.95. The number of nitrogens with zero attached hydrogens (tertiary/aromatic N) is 3. The Labute approximate surface area is 139 Å². The molecule has 2 rings (SSSR count). The Kier molecular flexibility index (Phi) is 7.00. The monoisotopic (exact) mass is 320 g/mol. The summed E-state index contributed by atoms with van der Waals surface area (Å²) < 4.78 is 10.4. The lowest BCUT2D eigenvalue weighted by Crippen LogP contribution is -2.52. The van der Waals surface area contributed by atoms with Crippen LogP contribution in [0.3, 0.4) is 0 Å². The van der Waals surface area contributed by atoms with Crippen molar-refractivity contribution >= 4 is 11.6 Å². The van der Waals surface area contributed by atoms with Crippen LogP contribution >= 0.6 is 0 Å². The Bertz CT molecular complexity index is 499. The highest BCUT2D eigenvalue weighted by Crippen LogP contribution is 2.22. The van der Waals surface area contributed by atoms with Gasteiger partial charge in [-0.15, -0.1) is 0 Å². The van der Waals surface area contributed by atoms with E-state index in [0.717, 1.165) is 57.5 Å². The van der Waals surface area contributed by atoms with E-state index in [9.17, 15) is 0 Å². The molecule has 1 fully saturated rings. The number of benzene rings is 1. The predicted molar refractivity (Wildman–Crippen MR) is 94.6 cm³/mol. The van der Waals surface area contributed by atoms with Gasteiger partial charge in [-0.2, -0.15) is 0 Å². The van der Waals surface area contributed by atoms with Gasteiger partial charge in [0.1, 0.15) is 5.75 Å². The minimum Gasteiger partial charge on any atom is -0.497 e. The summed E-state index contributed by atoms with van der Waals surface area (Å²) in [5, 5.41) is 3.40. The quantitative estimate of drug-likeness (QED) is 0.488. The van der Waals surface area contributed by atoms with E-state index in [1.807, 2.05) is 19.2 Å². The topological polar surface area (TPSA) is 49.3 Å². The van der Waals surface area contributed by atoms with Gasteiger partial charge in [0.05, 0.1) is 7.11 Å². The van der Waals surface area contributed by atoms with Gasteiger partial charge in [0.15, 0.2) is 5.96 Å². The van der Waals surface area contributed by atoms with E-state index >= 15 is 0 Å². The highest BCUT2D eigenvalue weighted by molar-refractivity contribution is 5.80. The third kappa shape index (κ3) is 5.03. The molecule has 1 aliphatic rings. The van der Waals surface area contributed by atoms with Crippen molar-refractivity contribution in [1.82, 2.24) is 10.2 Å². The minimum atomic E-state index is 0.771. The van der Waals surface area contributed by atoms with Gasteiger partial charge in [-0.05, 0) is 18.6 Å². The average molecular weight is 320 g/mol. The molecular weight excluding hydrogens is 292 g/mol. The predicted octanol–water partition coefficient (Wildman–Crippen LogP) is 1.43. The zero-order valence-electron chi connectivity index (χ0n) is 14.4. The van der Waals surface area contributed by atoms with E-state index in [1.54, 1.807) is 14.2 Å². The summed E-state index contributed by atoms with van der Waals surface area (Å²) in [6.07, 6.45) is 0.985. The number of hydrogen-bond acceptors (Lipinski definition) is 4. The van der Waals surface area contributed by atoms with Crippen molar-refractivity contribution in [2.24, 2.45) is 4.99 Å². The fourth-order valence-corrected chi connectivity index (χ4v) is 2.73. The van der Waals surface area contributed by atoms with Gasteiger partial charge in [-0.25, -0.2) is 0 Å². The molecule has 1 N–H and O–H groups in total. The summed E-state index contributed by atoms with van der Waals surface area (Å²) in [4.78, 5) is 9.08. The Balaban J connectivity index is 1.84. The molecule has 0 amide bonds. The molecular formula is C17H28N4O2. The van der Waals surface area contributed by atoms with Crippen LogP contribution in [0.1, 0.15) is 6.42 Å². The molecule has 6 nitrogen and oxygen atoms in total. The molecule has 0 unspecified atom stereocenters. The van der Waals surface area contributed by atoms with Crippen LogP contribution in [-0.4, -0.2) is 71.5 Å². The first-order valence-corrected chi connectivity index (χ1v) is 8.12. The number of methoxy groups -OCH3 is 2. The highest BCUT2D eigenvalue weighted by atomic mass is 16.5. The fourth-order valence-electron chi connectivity index (χ4n) is 2.73. The lowest BCUT2D eigenvalue weighted by molar-refractivity contribution is 0.195. The Morgan fingerprint density at radius 1 is 1.22 bits per heavy atom. The zero-order valence-corrected chi connectivity index (χ0v) is 14.4. The van der Waals surface area contributed by atoms with Crippen molar-refractivity contribution in [1.29, 1.82) is 0 Å². The van der Waals surface area contributed by atoms with Crippen molar-refractivity contribution in [2.75, 3.05) is 65.5 Å². The number of aliphatic imine (C=N–C) groups is 1. The van der Waals surface area contributed by atoms with Crippen molar-refractivity contribution < 1.29 is 9.47 Å². The maximum Gasteiger partial charge on any atom is 0.193 e. The lowest BCUT2D eigenvalue weighted by atomic mass is 10.2. The maximum absolute atomic E-state index is 5.31. The average Bonchev–Trinajstić information content (AvgIpc) is 2.62. The van der Waals surface area contributed by atoms with Crippen LogP contribution in [0.2, 0.25) is 0 Å². The van der Waals surface area contributed by atoms with E-state index in [0.29, 0.717) is 0 Å². The number of ether oxygens (including phenoxy) is 2. The molecule has 1 aromatic carbocycles. The molecule has 23 heavy (non-hydrogen) atoms. The molecule has 6 heteroatoms. The number of hydrogen-bond donors (Lipinski definition) is 1. The van der Waals surface area contributed by atoms with Crippen molar-refractivity contribution in [3.05, 3.63) is 24.3 Å². The second-order valence-electron chi connectivity index (χ2n) is 5.50. The van der Waals surface area contributed by atoms with Crippen LogP contribution < -0.4 is 15.0 Å². The first-order chi connectivity index (χ1) is 11.3. The molecule has 1 heterocycles. The summed E-state index contributed by atoms with van der Waals surface area (Å²) in [6.45, 7) is 5.53. The molecule has 0 bridgehead atoms. The third-order valence-electron chi connectivity index (χ3n) is 4.02. The number of guanidine groups is 1. The molecule has 0 atom stereocenters. The van der Waals surface area contributed by atoms with Gasteiger partial charge in [0.25, 0.3) is 0 Å². The highest BCUT2D eigenvalue weighted by Gasteiger charge is 2.19. The van der Waals surface area contributed by atoms with Crippen LogP contribution in [0, 0.1) is 0 Å². The summed E-state index contributed by atoms with van der Waals surface area (Å²) in [6, 6.07) is 8.24. The summed E-state index contributed by atoms with van der Waals surface area (Å²) >= 11 is 0. The molecule has 1 aliphatic heterocycles. The van der Waals surface area contributed by atoms with E-state index in [2.05, 4.69) is 32.2 Å². The number of piperazine rings is 1. The van der Waals surface area contributed by atoms with Gasteiger partial charge in [0, 0.05) is 65.2 Å². The van der Waals surface area contributed by atoms with Crippen LogP contribution in [0.5, 0.6) is 5.75 Å². The summed E-state index contributed by atoms with van der Waals surface area (Å²) in [5.41, 5.74) is 1.21. The normalized spacial score (nSPS) is 15.7. The molecule has 0 saturated carbocycles. The van der Waals surface area contributed by atoms with Crippen LogP contribution in [0.25, 0.3) is 0 Å². The van der Waals surface area contributed by atoms with E-state index < -0.39 is 0 Å². The lowest BCUT2D eigenvalue weighted by Gasteiger charge is -2.37. The third-order valence-corrected chi connectivity index (χ3v) is 4.02. The molecule has 0 spiro atoms. The van der Waals surface area contributed by atoms with Gasteiger partial charge in [-0.3, -0.25) is 4.99 Å². The standard InChI is InChI=1S/C17H28N4O2/c1-18-17(19-8-5-13-22-2)21-11-9-20(10-12-21)15-6-4-7-16(14-15)23-3/h4,6-7,14H,5,8-13H2,1-3H3,(H,18,19). The van der Waals surface area contributed by atoms with Crippen molar-refractivity contribution in [3.8, 4) is 5.75 Å².